The first-order valence-electron chi connectivity index (χ1n) is 4.62. The van der Waals surface area contributed by atoms with E-state index in [4.69, 9.17) is 11.6 Å². The number of fused-ring (bicyclic) bond motifs is 1. The fraction of sp³-hybridized carbons (Fsp3) is 0.300. The molecule has 0 spiro atoms. The van der Waals surface area contributed by atoms with Crippen LogP contribution in [0.2, 0.25) is 5.15 Å². The minimum atomic E-state index is 0.549. The Morgan fingerprint density at radius 2 is 2.36 bits per heavy atom. The molecule has 0 radical (unpaired) electrons. The molecule has 1 atom stereocenters. The molecule has 1 aliphatic heterocycles. The van der Waals surface area contributed by atoms with Gasteiger partial charge in [0.25, 0.3) is 0 Å². The lowest BCUT2D eigenvalue weighted by Crippen LogP contribution is -2.34. The van der Waals surface area contributed by atoms with Crippen molar-refractivity contribution in [2.75, 3.05) is 6.54 Å². The maximum Gasteiger partial charge on any atom is 0.129 e. The normalized spacial score (nSPS) is 21.1. The van der Waals surface area contributed by atoms with Crippen molar-refractivity contribution >= 4 is 33.2 Å². The van der Waals surface area contributed by atoms with E-state index < -0.39 is 0 Å². The van der Waals surface area contributed by atoms with Crippen molar-refractivity contribution in [3.8, 4) is 0 Å². The molecule has 0 aliphatic carbocycles. The average Bonchev–Trinajstić information content (AvgIpc) is 2.43. The summed E-state index contributed by atoms with van der Waals surface area (Å²) in [4.78, 5) is 5.66. The van der Waals surface area contributed by atoms with Crippen molar-refractivity contribution < 1.29 is 0 Å². The number of hydrogen-bond acceptors (Lipinski definition) is 3. The SMILES string of the molecule is Clc1ccc2sc(C3CCN3)cc2n1. The lowest BCUT2D eigenvalue weighted by molar-refractivity contribution is 0.389. The van der Waals surface area contributed by atoms with Crippen LogP contribution in [0.15, 0.2) is 18.2 Å². The molecule has 0 bridgehead atoms. The van der Waals surface area contributed by atoms with Crippen LogP contribution >= 0.6 is 22.9 Å². The Morgan fingerprint density at radius 3 is 3.07 bits per heavy atom. The second kappa shape index (κ2) is 3.19. The summed E-state index contributed by atoms with van der Waals surface area (Å²) in [5.41, 5.74) is 1.02. The smallest absolute Gasteiger partial charge is 0.129 e. The molecule has 72 valence electrons. The summed E-state index contributed by atoms with van der Waals surface area (Å²) in [6.45, 7) is 1.13. The number of thiophene rings is 1. The zero-order valence-electron chi connectivity index (χ0n) is 7.46. The molecule has 1 unspecified atom stereocenters. The van der Waals surface area contributed by atoms with Crippen molar-refractivity contribution in [3.05, 3.63) is 28.2 Å². The topological polar surface area (TPSA) is 24.9 Å². The second-order valence-electron chi connectivity index (χ2n) is 3.46. The largest absolute Gasteiger partial charge is 0.309 e. The van der Waals surface area contributed by atoms with Crippen LogP contribution in [-0.2, 0) is 0 Å². The highest BCUT2D eigenvalue weighted by Crippen LogP contribution is 2.33. The van der Waals surface area contributed by atoms with E-state index in [2.05, 4.69) is 16.4 Å². The van der Waals surface area contributed by atoms with Crippen molar-refractivity contribution in [2.24, 2.45) is 0 Å². The number of pyridine rings is 1. The van der Waals surface area contributed by atoms with E-state index in [9.17, 15) is 0 Å². The Bertz CT molecular complexity index is 476. The highest BCUT2D eigenvalue weighted by Gasteiger charge is 2.20. The fourth-order valence-electron chi connectivity index (χ4n) is 1.62. The van der Waals surface area contributed by atoms with Crippen LogP contribution in [0.4, 0.5) is 0 Å². The van der Waals surface area contributed by atoms with Gasteiger partial charge < -0.3 is 5.32 Å². The lowest BCUT2D eigenvalue weighted by Gasteiger charge is -2.26. The van der Waals surface area contributed by atoms with Crippen LogP contribution in [0.25, 0.3) is 10.2 Å². The number of halogens is 1. The summed E-state index contributed by atoms with van der Waals surface area (Å²) >= 11 is 7.64. The lowest BCUT2D eigenvalue weighted by atomic mass is 10.1. The van der Waals surface area contributed by atoms with Gasteiger partial charge in [-0.1, -0.05) is 11.6 Å². The van der Waals surface area contributed by atoms with Crippen molar-refractivity contribution in [1.29, 1.82) is 0 Å². The predicted molar refractivity (Wildman–Crippen MR) is 60.0 cm³/mol. The van der Waals surface area contributed by atoms with E-state index in [1.165, 1.54) is 16.0 Å². The van der Waals surface area contributed by atoms with E-state index in [0.29, 0.717) is 11.2 Å². The molecule has 3 rings (SSSR count). The number of nitrogens with zero attached hydrogens (tertiary/aromatic N) is 1. The van der Waals surface area contributed by atoms with Crippen LogP contribution in [0.3, 0.4) is 0 Å². The first kappa shape index (κ1) is 8.65. The Hall–Kier alpha value is -0.640. The summed E-state index contributed by atoms with van der Waals surface area (Å²) in [6, 6.07) is 6.58. The van der Waals surface area contributed by atoms with Gasteiger partial charge in [-0.05, 0) is 31.2 Å². The number of rotatable bonds is 1. The summed E-state index contributed by atoms with van der Waals surface area (Å²) in [7, 11) is 0. The molecule has 0 saturated carbocycles. The maximum atomic E-state index is 5.83. The number of hydrogen-bond donors (Lipinski definition) is 1. The number of aromatic nitrogens is 1. The first-order chi connectivity index (χ1) is 6.83. The molecule has 0 amide bonds. The van der Waals surface area contributed by atoms with E-state index in [-0.39, 0.29) is 0 Å². The molecular weight excluding hydrogens is 216 g/mol. The zero-order chi connectivity index (χ0) is 9.54. The molecule has 2 nitrogen and oxygen atoms in total. The van der Waals surface area contributed by atoms with Crippen LogP contribution in [0.5, 0.6) is 0 Å². The van der Waals surface area contributed by atoms with E-state index >= 15 is 0 Å². The Balaban J connectivity index is 2.10. The van der Waals surface area contributed by atoms with Crippen LogP contribution in [0.1, 0.15) is 17.3 Å². The molecule has 1 N–H and O–H groups in total. The van der Waals surface area contributed by atoms with Gasteiger partial charge in [0, 0.05) is 10.9 Å². The molecule has 3 heterocycles. The van der Waals surface area contributed by atoms with Crippen LogP contribution < -0.4 is 5.32 Å². The molecule has 1 fully saturated rings. The van der Waals surface area contributed by atoms with Gasteiger partial charge in [0.15, 0.2) is 0 Å². The van der Waals surface area contributed by atoms with E-state index in [0.717, 1.165) is 12.1 Å². The molecule has 2 aromatic rings. The highest BCUT2D eigenvalue weighted by molar-refractivity contribution is 7.19. The molecule has 1 aliphatic rings. The third-order valence-electron chi connectivity index (χ3n) is 2.53. The van der Waals surface area contributed by atoms with Crippen molar-refractivity contribution in [1.82, 2.24) is 10.3 Å². The summed E-state index contributed by atoms with van der Waals surface area (Å²) in [6.07, 6.45) is 1.24. The summed E-state index contributed by atoms with van der Waals surface area (Å²) in [5.74, 6) is 0. The minimum Gasteiger partial charge on any atom is -0.309 e. The van der Waals surface area contributed by atoms with Gasteiger partial charge in [0.2, 0.25) is 0 Å². The van der Waals surface area contributed by atoms with Gasteiger partial charge in [-0.25, -0.2) is 4.98 Å². The fourth-order valence-corrected chi connectivity index (χ4v) is 2.89. The maximum absolute atomic E-state index is 5.83. The second-order valence-corrected chi connectivity index (χ2v) is 4.96. The Kier molecular flexibility index (Phi) is 1.97. The number of nitrogens with one attached hydrogen (secondary N) is 1. The monoisotopic (exact) mass is 224 g/mol. The molecule has 2 aromatic heterocycles. The van der Waals surface area contributed by atoms with Gasteiger partial charge in [-0.15, -0.1) is 11.3 Å². The van der Waals surface area contributed by atoms with Gasteiger partial charge in [0.05, 0.1) is 10.2 Å². The first-order valence-corrected chi connectivity index (χ1v) is 5.82. The minimum absolute atomic E-state index is 0.549. The molecule has 14 heavy (non-hydrogen) atoms. The van der Waals surface area contributed by atoms with E-state index in [1.807, 2.05) is 12.1 Å². The standard InChI is InChI=1S/C10H9ClN2S/c11-10-2-1-8-7(13-10)5-9(14-8)6-3-4-12-6/h1-2,5-6,12H,3-4H2. The molecular formula is C10H9ClN2S. The predicted octanol–water partition coefficient (Wildman–Crippen LogP) is 2.98. The summed E-state index contributed by atoms with van der Waals surface area (Å²) < 4.78 is 1.22. The highest BCUT2D eigenvalue weighted by atomic mass is 35.5. The Morgan fingerprint density at radius 1 is 1.50 bits per heavy atom. The molecule has 0 aromatic carbocycles. The van der Waals surface area contributed by atoms with E-state index in [1.54, 1.807) is 11.3 Å². The quantitative estimate of drug-likeness (QED) is 0.754. The van der Waals surface area contributed by atoms with Crippen molar-refractivity contribution in [2.45, 2.75) is 12.5 Å². The van der Waals surface area contributed by atoms with Gasteiger partial charge in [-0.2, -0.15) is 0 Å². The summed E-state index contributed by atoms with van der Waals surface area (Å²) in [5, 5.41) is 3.96. The van der Waals surface area contributed by atoms with Gasteiger partial charge >= 0.3 is 0 Å². The van der Waals surface area contributed by atoms with Crippen molar-refractivity contribution in [3.63, 3.8) is 0 Å². The Labute approximate surface area is 90.9 Å². The average molecular weight is 225 g/mol. The molecule has 4 heteroatoms. The van der Waals surface area contributed by atoms with Gasteiger partial charge in [0.1, 0.15) is 5.15 Å². The third-order valence-corrected chi connectivity index (χ3v) is 3.94. The third kappa shape index (κ3) is 1.32. The van der Waals surface area contributed by atoms with Crippen LogP contribution in [0, 0.1) is 0 Å². The zero-order valence-corrected chi connectivity index (χ0v) is 9.03. The van der Waals surface area contributed by atoms with Gasteiger partial charge in [-0.3, -0.25) is 0 Å². The molecule has 1 saturated heterocycles. The van der Waals surface area contributed by atoms with Crippen LogP contribution in [-0.4, -0.2) is 11.5 Å².